The third-order valence-corrected chi connectivity index (χ3v) is 4.18. The van der Waals surface area contributed by atoms with Gasteiger partial charge in [-0.25, -0.2) is 8.42 Å². The highest BCUT2D eigenvalue weighted by atomic mass is 32.2. The molecule has 0 aliphatic rings. The smallest absolute Gasteiger partial charge is 0.251 e. The molecule has 20 heavy (non-hydrogen) atoms. The Morgan fingerprint density at radius 2 is 2.00 bits per heavy atom. The normalized spacial score (nSPS) is 12.8. The Bertz CT molecular complexity index is 555. The predicted molar refractivity (Wildman–Crippen MR) is 81.4 cm³/mol. The van der Waals surface area contributed by atoms with Gasteiger partial charge in [-0.3, -0.25) is 9.52 Å². The lowest BCUT2D eigenvalue weighted by molar-refractivity contribution is 0.0938. The van der Waals surface area contributed by atoms with Crippen molar-refractivity contribution in [3.8, 4) is 0 Å². The zero-order chi connectivity index (χ0) is 15.2. The van der Waals surface area contributed by atoms with Crippen LogP contribution in [-0.2, 0) is 10.0 Å². The van der Waals surface area contributed by atoms with Crippen molar-refractivity contribution in [3.63, 3.8) is 0 Å². The average Bonchev–Trinajstić information content (AvgIpc) is 2.38. The maximum Gasteiger partial charge on any atom is 0.251 e. The van der Waals surface area contributed by atoms with Crippen molar-refractivity contribution in [1.29, 1.82) is 0 Å². The minimum absolute atomic E-state index is 0.00302. The molecule has 6 heteroatoms. The molecule has 112 valence electrons. The van der Waals surface area contributed by atoms with Crippen LogP contribution in [0.25, 0.3) is 0 Å². The summed E-state index contributed by atoms with van der Waals surface area (Å²) in [5.41, 5.74) is 0.854. The number of sulfonamides is 1. The predicted octanol–water partition coefficient (Wildman–Crippen LogP) is 2.37. The van der Waals surface area contributed by atoms with Crippen LogP contribution < -0.4 is 10.0 Å². The van der Waals surface area contributed by atoms with Gasteiger partial charge in [-0.1, -0.05) is 19.4 Å². The first kappa shape index (κ1) is 16.5. The lowest BCUT2D eigenvalue weighted by Crippen LogP contribution is -2.32. The molecule has 0 aromatic heterocycles. The number of nitrogens with one attached hydrogen (secondary N) is 2. The molecule has 5 nitrogen and oxygen atoms in total. The van der Waals surface area contributed by atoms with Crippen LogP contribution in [-0.4, -0.2) is 26.1 Å². The zero-order valence-electron chi connectivity index (χ0n) is 12.1. The molecule has 2 N–H and O–H groups in total. The molecule has 0 heterocycles. The summed E-state index contributed by atoms with van der Waals surface area (Å²) in [7, 11) is -3.33. The Kier molecular flexibility index (Phi) is 6.01. The van der Waals surface area contributed by atoms with Gasteiger partial charge in [-0.05, 0) is 38.5 Å². The van der Waals surface area contributed by atoms with Crippen LogP contribution in [0.3, 0.4) is 0 Å². The topological polar surface area (TPSA) is 75.3 Å². The number of hydrogen-bond donors (Lipinski definition) is 2. The summed E-state index contributed by atoms with van der Waals surface area (Å²) in [6, 6.07) is 6.59. The van der Waals surface area contributed by atoms with E-state index in [1.165, 1.54) is 0 Å². The van der Waals surface area contributed by atoms with Gasteiger partial charge in [0.05, 0.1) is 5.75 Å². The van der Waals surface area contributed by atoms with Gasteiger partial charge in [0.1, 0.15) is 0 Å². The fourth-order valence-electron chi connectivity index (χ4n) is 1.79. The van der Waals surface area contributed by atoms with Crippen molar-refractivity contribution < 1.29 is 13.2 Å². The van der Waals surface area contributed by atoms with E-state index in [2.05, 4.69) is 17.0 Å². The summed E-state index contributed by atoms with van der Waals surface area (Å²) in [5, 5.41) is 2.88. The summed E-state index contributed by atoms with van der Waals surface area (Å²) in [6.45, 7) is 5.57. The monoisotopic (exact) mass is 298 g/mol. The van der Waals surface area contributed by atoms with Crippen molar-refractivity contribution in [3.05, 3.63) is 29.8 Å². The first-order valence-corrected chi connectivity index (χ1v) is 8.44. The van der Waals surface area contributed by atoms with Crippen LogP contribution in [0.1, 0.15) is 44.0 Å². The Morgan fingerprint density at radius 1 is 1.30 bits per heavy atom. The van der Waals surface area contributed by atoms with E-state index in [1.807, 2.05) is 6.92 Å². The molecule has 1 aromatic carbocycles. The number of amides is 1. The van der Waals surface area contributed by atoms with Gasteiger partial charge in [0.2, 0.25) is 10.0 Å². The third kappa shape index (κ3) is 5.21. The van der Waals surface area contributed by atoms with Gasteiger partial charge in [0, 0.05) is 17.3 Å². The number of rotatable bonds is 7. The molecule has 0 fully saturated rings. The standard InChI is InChI=1S/C14H22N2O3S/c1-4-7-11(3)15-14(17)12-8-6-9-13(10-12)16-20(18,19)5-2/h6,8-11,16H,4-5,7H2,1-3H3,(H,15,17). The van der Waals surface area contributed by atoms with E-state index in [-0.39, 0.29) is 17.7 Å². The van der Waals surface area contributed by atoms with E-state index in [4.69, 9.17) is 0 Å². The van der Waals surface area contributed by atoms with Crippen LogP contribution in [0.5, 0.6) is 0 Å². The minimum atomic E-state index is -3.33. The summed E-state index contributed by atoms with van der Waals surface area (Å²) < 4.78 is 25.4. The SMILES string of the molecule is CCCC(C)NC(=O)c1cccc(NS(=O)(=O)CC)c1. The number of anilines is 1. The third-order valence-electron chi connectivity index (χ3n) is 2.88. The van der Waals surface area contributed by atoms with Gasteiger partial charge in [-0.15, -0.1) is 0 Å². The van der Waals surface area contributed by atoms with Gasteiger partial charge in [0.15, 0.2) is 0 Å². The first-order valence-electron chi connectivity index (χ1n) is 6.79. The summed E-state index contributed by atoms with van der Waals surface area (Å²) in [6.07, 6.45) is 1.91. The molecule has 0 aliphatic carbocycles. The molecule has 0 aliphatic heterocycles. The van der Waals surface area contributed by atoms with Crippen molar-refractivity contribution >= 4 is 21.6 Å². The second-order valence-electron chi connectivity index (χ2n) is 4.75. The number of carbonyl (C=O) groups is 1. The van der Waals surface area contributed by atoms with Crippen LogP contribution in [0.4, 0.5) is 5.69 Å². The van der Waals surface area contributed by atoms with Crippen LogP contribution >= 0.6 is 0 Å². The second-order valence-corrected chi connectivity index (χ2v) is 6.76. The van der Waals surface area contributed by atoms with Gasteiger partial charge < -0.3 is 5.32 Å². The van der Waals surface area contributed by atoms with Crippen LogP contribution in [0.15, 0.2) is 24.3 Å². The Balaban J connectivity index is 2.80. The molecule has 0 spiro atoms. The molecular formula is C14H22N2O3S. The number of benzene rings is 1. The molecule has 1 unspecified atom stereocenters. The van der Waals surface area contributed by atoms with E-state index in [0.717, 1.165) is 12.8 Å². The zero-order valence-corrected chi connectivity index (χ0v) is 13.0. The van der Waals surface area contributed by atoms with E-state index in [0.29, 0.717) is 11.3 Å². The van der Waals surface area contributed by atoms with Crippen molar-refractivity contribution in [1.82, 2.24) is 5.32 Å². The maximum absolute atomic E-state index is 12.0. The van der Waals surface area contributed by atoms with Crippen LogP contribution in [0.2, 0.25) is 0 Å². The minimum Gasteiger partial charge on any atom is -0.350 e. The largest absolute Gasteiger partial charge is 0.350 e. The lowest BCUT2D eigenvalue weighted by atomic mass is 10.1. The van der Waals surface area contributed by atoms with E-state index in [9.17, 15) is 13.2 Å². The molecule has 1 rings (SSSR count). The molecule has 0 bridgehead atoms. The van der Waals surface area contributed by atoms with E-state index >= 15 is 0 Å². The molecule has 1 atom stereocenters. The molecule has 0 radical (unpaired) electrons. The first-order chi connectivity index (χ1) is 9.38. The molecule has 0 saturated carbocycles. The quantitative estimate of drug-likeness (QED) is 0.811. The summed E-state index contributed by atoms with van der Waals surface area (Å²) >= 11 is 0. The summed E-state index contributed by atoms with van der Waals surface area (Å²) in [4.78, 5) is 12.0. The Hall–Kier alpha value is -1.56. The Morgan fingerprint density at radius 3 is 2.60 bits per heavy atom. The van der Waals surface area contributed by atoms with Crippen molar-refractivity contribution in [2.24, 2.45) is 0 Å². The molecule has 1 aromatic rings. The second kappa shape index (κ2) is 7.28. The van der Waals surface area contributed by atoms with E-state index in [1.54, 1.807) is 31.2 Å². The van der Waals surface area contributed by atoms with Crippen LogP contribution in [0, 0.1) is 0 Å². The van der Waals surface area contributed by atoms with Crippen molar-refractivity contribution in [2.75, 3.05) is 10.5 Å². The van der Waals surface area contributed by atoms with Gasteiger partial charge in [0.25, 0.3) is 5.91 Å². The lowest BCUT2D eigenvalue weighted by Gasteiger charge is -2.13. The maximum atomic E-state index is 12.0. The van der Waals surface area contributed by atoms with Crippen molar-refractivity contribution in [2.45, 2.75) is 39.7 Å². The summed E-state index contributed by atoms with van der Waals surface area (Å²) in [5.74, 6) is -0.194. The fraction of sp³-hybridized carbons (Fsp3) is 0.500. The number of hydrogen-bond acceptors (Lipinski definition) is 3. The molecule has 1 amide bonds. The van der Waals surface area contributed by atoms with Gasteiger partial charge in [-0.2, -0.15) is 0 Å². The highest BCUT2D eigenvalue weighted by Crippen LogP contribution is 2.13. The molecular weight excluding hydrogens is 276 g/mol. The van der Waals surface area contributed by atoms with Gasteiger partial charge >= 0.3 is 0 Å². The highest BCUT2D eigenvalue weighted by molar-refractivity contribution is 7.92. The molecule has 0 saturated heterocycles. The number of carbonyl (C=O) groups excluding carboxylic acids is 1. The fourth-order valence-corrected chi connectivity index (χ4v) is 2.42. The Labute approximate surface area is 120 Å². The van der Waals surface area contributed by atoms with E-state index < -0.39 is 10.0 Å². The highest BCUT2D eigenvalue weighted by Gasteiger charge is 2.11. The average molecular weight is 298 g/mol.